The highest BCUT2D eigenvalue weighted by molar-refractivity contribution is 6.32. The van der Waals surface area contributed by atoms with Crippen LogP contribution in [-0.2, 0) is 9.53 Å². The molecule has 1 N–H and O–H groups in total. The molecule has 0 aliphatic rings. The normalized spacial score (nSPS) is 10.5. The van der Waals surface area contributed by atoms with Gasteiger partial charge in [0.15, 0.2) is 18.1 Å². The summed E-state index contributed by atoms with van der Waals surface area (Å²) >= 11 is 6.19. The van der Waals surface area contributed by atoms with Crippen LogP contribution in [0.5, 0.6) is 11.5 Å². The summed E-state index contributed by atoms with van der Waals surface area (Å²) in [4.78, 5) is 23.3. The number of hydrazone groups is 1. The number of nitrogens with one attached hydrogen (secondary N) is 1. The van der Waals surface area contributed by atoms with Crippen LogP contribution in [0.1, 0.15) is 21.5 Å². The first-order valence-electron chi connectivity index (χ1n) is 7.91. The van der Waals surface area contributed by atoms with Gasteiger partial charge in [0.2, 0.25) is 0 Å². The van der Waals surface area contributed by atoms with Crippen molar-refractivity contribution in [1.29, 1.82) is 0 Å². The predicted octanol–water partition coefficient (Wildman–Crippen LogP) is 2.97. The van der Waals surface area contributed by atoms with Crippen LogP contribution in [0.4, 0.5) is 0 Å². The third-order valence-corrected chi connectivity index (χ3v) is 3.75. The van der Waals surface area contributed by atoms with Gasteiger partial charge in [0.05, 0.1) is 25.5 Å². The van der Waals surface area contributed by atoms with E-state index in [0.29, 0.717) is 16.9 Å². The molecule has 142 valence electrons. The summed E-state index contributed by atoms with van der Waals surface area (Å²) in [5, 5.41) is 4.15. The summed E-state index contributed by atoms with van der Waals surface area (Å²) < 4.78 is 15.1. The molecule has 27 heavy (non-hydrogen) atoms. The van der Waals surface area contributed by atoms with E-state index in [1.807, 2.05) is 13.0 Å². The lowest BCUT2D eigenvalue weighted by Crippen LogP contribution is -2.17. The maximum Gasteiger partial charge on any atom is 0.343 e. The number of amides is 1. The fourth-order valence-electron chi connectivity index (χ4n) is 2.16. The Labute approximate surface area is 161 Å². The topological polar surface area (TPSA) is 86.2 Å². The van der Waals surface area contributed by atoms with Gasteiger partial charge >= 0.3 is 5.97 Å². The van der Waals surface area contributed by atoms with E-state index < -0.39 is 5.97 Å². The lowest BCUT2D eigenvalue weighted by atomic mass is 10.1. The molecule has 0 atom stereocenters. The van der Waals surface area contributed by atoms with Gasteiger partial charge in [-0.25, -0.2) is 10.2 Å². The number of carbonyl (C=O) groups excluding carboxylic acids is 2. The van der Waals surface area contributed by atoms with Crippen molar-refractivity contribution in [2.45, 2.75) is 6.92 Å². The number of ether oxygens (including phenoxy) is 3. The van der Waals surface area contributed by atoms with Crippen molar-refractivity contribution in [3.8, 4) is 11.5 Å². The molecule has 0 fully saturated rings. The number of rotatable bonds is 7. The monoisotopic (exact) mass is 390 g/mol. The van der Waals surface area contributed by atoms with Crippen LogP contribution in [0.3, 0.4) is 0 Å². The molecule has 0 aromatic heterocycles. The SMILES string of the molecule is COC(=O)COc1c(Cl)cc(/C=N\NC(=O)c2cccc(C)c2)cc1OC. The summed E-state index contributed by atoms with van der Waals surface area (Å²) in [5.74, 6) is -0.341. The van der Waals surface area contributed by atoms with Crippen molar-refractivity contribution in [3.05, 3.63) is 58.1 Å². The molecule has 2 aromatic carbocycles. The molecule has 7 nitrogen and oxygen atoms in total. The third-order valence-electron chi connectivity index (χ3n) is 3.47. The van der Waals surface area contributed by atoms with Crippen LogP contribution in [0, 0.1) is 6.92 Å². The van der Waals surface area contributed by atoms with Gasteiger partial charge in [-0.1, -0.05) is 29.3 Å². The van der Waals surface area contributed by atoms with E-state index >= 15 is 0 Å². The minimum atomic E-state index is -0.544. The molecule has 0 unspecified atom stereocenters. The molecular weight excluding hydrogens is 372 g/mol. The fourth-order valence-corrected chi connectivity index (χ4v) is 2.43. The zero-order valence-corrected chi connectivity index (χ0v) is 15.9. The maximum absolute atomic E-state index is 12.1. The Morgan fingerprint density at radius 3 is 2.67 bits per heavy atom. The van der Waals surface area contributed by atoms with Gasteiger partial charge in [0.1, 0.15) is 0 Å². The minimum absolute atomic E-state index is 0.213. The number of aryl methyl sites for hydroxylation is 1. The number of hydrogen-bond acceptors (Lipinski definition) is 6. The van der Waals surface area contributed by atoms with Crippen molar-refractivity contribution in [1.82, 2.24) is 5.43 Å². The number of methoxy groups -OCH3 is 2. The number of nitrogens with zero attached hydrogens (tertiary/aromatic N) is 1. The van der Waals surface area contributed by atoms with Crippen molar-refractivity contribution in [2.24, 2.45) is 5.10 Å². The quantitative estimate of drug-likeness (QED) is 0.446. The summed E-state index contributed by atoms with van der Waals surface area (Å²) in [6.07, 6.45) is 1.42. The van der Waals surface area contributed by atoms with Gasteiger partial charge in [-0.05, 0) is 36.8 Å². The van der Waals surface area contributed by atoms with E-state index in [0.717, 1.165) is 5.56 Å². The Balaban J connectivity index is 2.09. The van der Waals surface area contributed by atoms with Gasteiger partial charge in [-0.15, -0.1) is 0 Å². The minimum Gasteiger partial charge on any atom is -0.493 e. The van der Waals surface area contributed by atoms with Crippen LogP contribution < -0.4 is 14.9 Å². The van der Waals surface area contributed by atoms with Gasteiger partial charge in [0, 0.05) is 5.56 Å². The molecule has 0 spiro atoms. The van der Waals surface area contributed by atoms with Crippen molar-refractivity contribution >= 4 is 29.7 Å². The molecule has 0 aliphatic heterocycles. The summed E-state index contributed by atoms with van der Waals surface area (Å²) in [7, 11) is 2.70. The zero-order chi connectivity index (χ0) is 19.8. The van der Waals surface area contributed by atoms with E-state index in [4.69, 9.17) is 21.1 Å². The molecule has 2 rings (SSSR count). The first kappa shape index (κ1) is 20.3. The number of halogens is 1. The zero-order valence-electron chi connectivity index (χ0n) is 15.1. The molecule has 0 radical (unpaired) electrons. The smallest absolute Gasteiger partial charge is 0.343 e. The predicted molar refractivity (Wildman–Crippen MR) is 102 cm³/mol. The largest absolute Gasteiger partial charge is 0.493 e. The lowest BCUT2D eigenvalue weighted by Gasteiger charge is -2.12. The Bertz CT molecular complexity index is 867. The number of hydrogen-bond donors (Lipinski definition) is 1. The van der Waals surface area contributed by atoms with E-state index in [2.05, 4.69) is 15.3 Å². The first-order valence-corrected chi connectivity index (χ1v) is 8.29. The van der Waals surface area contributed by atoms with Crippen LogP contribution in [0.25, 0.3) is 0 Å². The van der Waals surface area contributed by atoms with Crippen LogP contribution in [0.2, 0.25) is 5.02 Å². The maximum atomic E-state index is 12.1. The van der Waals surface area contributed by atoms with Crippen molar-refractivity contribution in [3.63, 3.8) is 0 Å². The molecule has 0 saturated heterocycles. The molecule has 0 aliphatic carbocycles. The van der Waals surface area contributed by atoms with Gasteiger partial charge in [-0.3, -0.25) is 4.79 Å². The Morgan fingerprint density at radius 1 is 1.22 bits per heavy atom. The summed E-state index contributed by atoms with van der Waals surface area (Å²) in [6.45, 7) is 1.60. The second-order valence-corrected chi connectivity index (χ2v) is 5.87. The van der Waals surface area contributed by atoms with Crippen LogP contribution in [0.15, 0.2) is 41.5 Å². The van der Waals surface area contributed by atoms with Gasteiger partial charge in [0.25, 0.3) is 5.91 Å². The second-order valence-electron chi connectivity index (χ2n) is 5.47. The average molecular weight is 391 g/mol. The highest BCUT2D eigenvalue weighted by Gasteiger charge is 2.13. The van der Waals surface area contributed by atoms with E-state index in [1.54, 1.807) is 30.3 Å². The number of benzene rings is 2. The highest BCUT2D eigenvalue weighted by Crippen LogP contribution is 2.36. The third kappa shape index (κ3) is 5.72. The molecular formula is C19H19ClN2O5. The molecule has 0 saturated carbocycles. The summed E-state index contributed by atoms with van der Waals surface area (Å²) in [6, 6.07) is 10.3. The molecule has 1 amide bonds. The van der Waals surface area contributed by atoms with Gasteiger partial charge < -0.3 is 14.2 Å². The number of esters is 1. The van der Waals surface area contributed by atoms with Crippen LogP contribution >= 0.6 is 11.6 Å². The van der Waals surface area contributed by atoms with E-state index in [9.17, 15) is 9.59 Å². The van der Waals surface area contributed by atoms with Crippen molar-refractivity contribution < 1.29 is 23.8 Å². The Kier molecular flexibility index (Phi) is 7.19. The lowest BCUT2D eigenvalue weighted by molar-refractivity contribution is -0.142. The molecule has 0 heterocycles. The molecule has 0 bridgehead atoms. The number of carbonyl (C=O) groups is 2. The summed E-state index contributed by atoms with van der Waals surface area (Å²) in [5.41, 5.74) is 4.51. The van der Waals surface area contributed by atoms with Crippen molar-refractivity contribution in [2.75, 3.05) is 20.8 Å². The average Bonchev–Trinajstić information content (AvgIpc) is 2.66. The van der Waals surface area contributed by atoms with Gasteiger partial charge in [-0.2, -0.15) is 5.10 Å². The van der Waals surface area contributed by atoms with Crippen LogP contribution in [-0.4, -0.2) is 38.9 Å². The standard InChI is InChI=1S/C19H19ClN2O5/c1-12-5-4-6-14(7-12)19(24)22-21-10-13-8-15(20)18(16(9-13)25-2)27-11-17(23)26-3/h4-10H,11H2,1-3H3,(H,22,24)/b21-10-. The Hall–Kier alpha value is -3.06. The molecule has 8 heteroatoms. The second kappa shape index (κ2) is 9.59. The van der Waals surface area contributed by atoms with E-state index in [-0.39, 0.29) is 23.3 Å². The fraction of sp³-hybridized carbons (Fsp3) is 0.211. The first-order chi connectivity index (χ1) is 12.9. The Morgan fingerprint density at radius 2 is 2.00 bits per heavy atom. The molecule has 2 aromatic rings. The van der Waals surface area contributed by atoms with E-state index in [1.165, 1.54) is 20.4 Å². The highest BCUT2D eigenvalue weighted by atomic mass is 35.5.